The van der Waals surface area contributed by atoms with Gasteiger partial charge in [-0.25, -0.2) is 18.4 Å². The molecule has 2 heterocycles. The standard InChI is InChI=1S/C22H31N5O3S/c1-6-16-7-9-18(10-8-16)31(29,30)27-12-11-17(14-27)20-19(21(28)24-15(2)3)13-23-22(25-20)26(4)5/h7-10,13,15,17H,6,11-12,14H2,1-5H3,(H,24,28). The quantitative estimate of drug-likeness (QED) is 0.703. The first-order valence-electron chi connectivity index (χ1n) is 10.6. The van der Waals surface area contributed by atoms with Gasteiger partial charge in [-0.1, -0.05) is 19.1 Å². The Morgan fingerprint density at radius 1 is 1.26 bits per heavy atom. The average molecular weight is 446 g/mol. The zero-order chi connectivity index (χ0) is 22.8. The first-order chi connectivity index (χ1) is 14.6. The maximum Gasteiger partial charge on any atom is 0.254 e. The van der Waals surface area contributed by atoms with Crippen molar-refractivity contribution in [2.45, 2.75) is 50.5 Å². The van der Waals surface area contributed by atoms with Crippen LogP contribution in [0.2, 0.25) is 0 Å². The Balaban J connectivity index is 1.90. The normalized spacial score (nSPS) is 17.2. The van der Waals surface area contributed by atoms with Crippen molar-refractivity contribution in [3.63, 3.8) is 0 Å². The van der Waals surface area contributed by atoms with Crippen molar-refractivity contribution >= 4 is 21.9 Å². The molecule has 1 atom stereocenters. The lowest BCUT2D eigenvalue weighted by Crippen LogP contribution is -2.32. The van der Waals surface area contributed by atoms with Crippen LogP contribution in [0.5, 0.6) is 0 Å². The Morgan fingerprint density at radius 2 is 1.94 bits per heavy atom. The largest absolute Gasteiger partial charge is 0.350 e. The number of hydrogen-bond donors (Lipinski definition) is 1. The summed E-state index contributed by atoms with van der Waals surface area (Å²) in [5, 5.41) is 2.89. The lowest BCUT2D eigenvalue weighted by atomic mass is 9.99. The van der Waals surface area contributed by atoms with Crippen LogP contribution in [0.1, 0.15) is 54.7 Å². The molecule has 8 nitrogen and oxygen atoms in total. The van der Waals surface area contributed by atoms with Crippen LogP contribution in [-0.4, -0.2) is 61.8 Å². The second-order valence-electron chi connectivity index (χ2n) is 8.34. The highest BCUT2D eigenvalue weighted by atomic mass is 32.2. The molecule has 0 radical (unpaired) electrons. The van der Waals surface area contributed by atoms with E-state index in [4.69, 9.17) is 0 Å². The molecule has 1 fully saturated rings. The number of carbonyl (C=O) groups is 1. The molecule has 1 aliphatic heterocycles. The molecule has 1 unspecified atom stereocenters. The molecule has 1 saturated heterocycles. The molecule has 1 aliphatic rings. The van der Waals surface area contributed by atoms with Crippen molar-refractivity contribution < 1.29 is 13.2 Å². The topological polar surface area (TPSA) is 95.5 Å². The van der Waals surface area contributed by atoms with Gasteiger partial charge in [0, 0.05) is 45.3 Å². The Kier molecular flexibility index (Phi) is 6.96. The third kappa shape index (κ3) is 5.04. The summed E-state index contributed by atoms with van der Waals surface area (Å²) < 4.78 is 27.8. The van der Waals surface area contributed by atoms with Crippen molar-refractivity contribution in [3.05, 3.63) is 47.3 Å². The molecule has 0 bridgehead atoms. The van der Waals surface area contributed by atoms with E-state index in [1.807, 2.05) is 47.0 Å². The van der Waals surface area contributed by atoms with Crippen molar-refractivity contribution in [1.82, 2.24) is 19.6 Å². The second-order valence-corrected chi connectivity index (χ2v) is 10.3. The zero-order valence-electron chi connectivity index (χ0n) is 18.8. The molecule has 2 aromatic rings. The van der Waals surface area contributed by atoms with E-state index in [0.29, 0.717) is 35.1 Å². The molecule has 31 heavy (non-hydrogen) atoms. The van der Waals surface area contributed by atoms with Gasteiger partial charge in [-0.05, 0) is 44.4 Å². The van der Waals surface area contributed by atoms with Crippen molar-refractivity contribution in [2.75, 3.05) is 32.1 Å². The number of hydrogen-bond acceptors (Lipinski definition) is 6. The van der Waals surface area contributed by atoms with Gasteiger partial charge in [0.2, 0.25) is 16.0 Å². The smallest absolute Gasteiger partial charge is 0.254 e. The summed E-state index contributed by atoms with van der Waals surface area (Å²) >= 11 is 0. The summed E-state index contributed by atoms with van der Waals surface area (Å²) in [5.74, 6) is 0.0682. The first-order valence-corrected chi connectivity index (χ1v) is 12.0. The minimum Gasteiger partial charge on any atom is -0.350 e. The molecule has 1 N–H and O–H groups in total. The summed E-state index contributed by atoms with van der Waals surface area (Å²) in [6.07, 6.45) is 2.99. The minimum atomic E-state index is -3.60. The lowest BCUT2D eigenvalue weighted by Gasteiger charge is -2.20. The average Bonchev–Trinajstić information content (AvgIpc) is 3.24. The van der Waals surface area contributed by atoms with Gasteiger partial charge in [-0.3, -0.25) is 4.79 Å². The van der Waals surface area contributed by atoms with Gasteiger partial charge >= 0.3 is 0 Å². The number of nitrogens with zero attached hydrogens (tertiary/aromatic N) is 4. The van der Waals surface area contributed by atoms with E-state index in [1.165, 1.54) is 10.5 Å². The number of nitrogens with one attached hydrogen (secondary N) is 1. The van der Waals surface area contributed by atoms with Crippen LogP contribution in [0.4, 0.5) is 5.95 Å². The Morgan fingerprint density at radius 3 is 2.52 bits per heavy atom. The van der Waals surface area contributed by atoms with Gasteiger partial charge in [-0.15, -0.1) is 0 Å². The van der Waals surface area contributed by atoms with Gasteiger partial charge in [0.1, 0.15) is 0 Å². The van der Waals surface area contributed by atoms with Crippen LogP contribution >= 0.6 is 0 Å². The number of anilines is 1. The van der Waals surface area contributed by atoms with Crippen LogP contribution in [0.25, 0.3) is 0 Å². The second kappa shape index (κ2) is 9.32. The van der Waals surface area contributed by atoms with Gasteiger partial charge in [0.25, 0.3) is 5.91 Å². The summed E-state index contributed by atoms with van der Waals surface area (Å²) in [5.41, 5.74) is 2.09. The Hall–Kier alpha value is -2.52. The Labute approximate surface area is 184 Å². The highest BCUT2D eigenvalue weighted by molar-refractivity contribution is 7.89. The number of amides is 1. The molecule has 3 rings (SSSR count). The van der Waals surface area contributed by atoms with Gasteiger partial charge in [0.05, 0.1) is 16.2 Å². The monoisotopic (exact) mass is 445 g/mol. The van der Waals surface area contributed by atoms with E-state index in [9.17, 15) is 13.2 Å². The molecular formula is C22H31N5O3S. The molecule has 0 saturated carbocycles. The van der Waals surface area contributed by atoms with Gasteiger partial charge in [-0.2, -0.15) is 4.31 Å². The molecule has 168 valence electrons. The minimum absolute atomic E-state index is 0.0274. The van der Waals surface area contributed by atoms with E-state index >= 15 is 0 Å². The van der Waals surface area contributed by atoms with Crippen molar-refractivity contribution in [1.29, 1.82) is 0 Å². The number of benzene rings is 1. The molecule has 1 aromatic heterocycles. The fraction of sp³-hybridized carbons (Fsp3) is 0.500. The predicted molar refractivity (Wildman–Crippen MR) is 121 cm³/mol. The van der Waals surface area contributed by atoms with Crippen LogP contribution in [-0.2, 0) is 16.4 Å². The maximum absolute atomic E-state index is 13.2. The van der Waals surface area contributed by atoms with Gasteiger partial charge in [0.15, 0.2) is 0 Å². The van der Waals surface area contributed by atoms with E-state index in [0.717, 1.165) is 12.0 Å². The van der Waals surface area contributed by atoms with Crippen LogP contribution < -0.4 is 10.2 Å². The third-order valence-corrected chi connectivity index (χ3v) is 7.26. The highest BCUT2D eigenvalue weighted by Gasteiger charge is 2.36. The number of carbonyl (C=O) groups excluding carboxylic acids is 1. The molecule has 0 aliphatic carbocycles. The predicted octanol–water partition coefficient (Wildman–Crippen LogP) is 2.42. The summed E-state index contributed by atoms with van der Waals surface area (Å²) in [6, 6.07) is 7.00. The SMILES string of the molecule is CCc1ccc(S(=O)(=O)N2CCC(c3nc(N(C)C)ncc3C(=O)NC(C)C)C2)cc1. The number of aryl methyl sites for hydroxylation is 1. The number of aromatic nitrogens is 2. The fourth-order valence-corrected chi connectivity index (χ4v) is 5.14. The Bertz CT molecular complexity index is 1040. The van der Waals surface area contributed by atoms with Crippen LogP contribution in [0.3, 0.4) is 0 Å². The zero-order valence-corrected chi connectivity index (χ0v) is 19.6. The van der Waals surface area contributed by atoms with Crippen molar-refractivity contribution in [3.8, 4) is 0 Å². The number of rotatable bonds is 7. The first kappa shape index (κ1) is 23.1. The lowest BCUT2D eigenvalue weighted by molar-refractivity contribution is 0.0941. The fourth-order valence-electron chi connectivity index (χ4n) is 3.64. The molecule has 9 heteroatoms. The van der Waals surface area contributed by atoms with E-state index in [1.54, 1.807) is 17.0 Å². The highest BCUT2D eigenvalue weighted by Crippen LogP contribution is 2.32. The summed E-state index contributed by atoms with van der Waals surface area (Å²) in [6.45, 7) is 6.48. The van der Waals surface area contributed by atoms with E-state index in [2.05, 4.69) is 15.3 Å². The van der Waals surface area contributed by atoms with E-state index < -0.39 is 10.0 Å². The van der Waals surface area contributed by atoms with Crippen molar-refractivity contribution in [2.24, 2.45) is 0 Å². The van der Waals surface area contributed by atoms with Crippen LogP contribution in [0.15, 0.2) is 35.4 Å². The molecule has 0 spiro atoms. The van der Waals surface area contributed by atoms with Crippen LogP contribution in [0, 0.1) is 0 Å². The third-order valence-electron chi connectivity index (χ3n) is 5.38. The molecular weight excluding hydrogens is 414 g/mol. The molecule has 1 amide bonds. The summed E-state index contributed by atoms with van der Waals surface area (Å²) in [7, 11) is 0.0592. The maximum atomic E-state index is 13.2. The van der Waals surface area contributed by atoms with Gasteiger partial charge < -0.3 is 10.2 Å². The number of sulfonamides is 1. The summed E-state index contributed by atoms with van der Waals surface area (Å²) in [4.78, 5) is 23.7. The van der Waals surface area contributed by atoms with E-state index in [-0.39, 0.29) is 24.4 Å². The molecule has 1 aromatic carbocycles.